The third-order valence-electron chi connectivity index (χ3n) is 4.49. The molecule has 0 bridgehead atoms. The Labute approximate surface area is 162 Å². The van der Waals surface area contributed by atoms with Crippen LogP contribution in [0.2, 0.25) is 0 Å². The van der Waals surface area contributed by atoms with Crippen LogP contribution < -0.4 is 16.0 Å². The second-order valence-corrected chi connectivity index (χ2v) is 7.09. The van der Waals surface area contributed by atoms with Crippen LogP contribution in [-0.2, 0) is 12.0 Å². The van der Waals surface area contributed by atoms with Crippen LogP contribution in [0.3, 0.4) is 0 Å². The third-order valence-corrected chi connectivity index (χ3v) is 4.49. The lowest BCUT2D eigenvalue weighted by atomic mass is 9.85. The molecule has 0 heterocycles. The van der Waals surface area contributed by atoms with E-state index < -0.39 is 0 Å². The topological polar surface area (TPSA) is 65.5 Å². The number of hydrogen-bond acceptors (Lipinski definition) is 2. The predicted octanol–water partition coefficient (Wildman–Crippen LogP) is 3.08. The van der Waals surface area contributed by atoms with E-state index in [4.69, 9.17) is 0 Å². The molecular formula is C22H30N4O. The van der Waals surface area contributed by atoms with Gasteiger partial charge in [-0.2, -0.15) is 0 Å². The van der Waals surface area contributed by atoms with Crippen molar-refractivity contribution in [3.05, 3.63) is 71.3 Å². The van der Waals surface area contributed by atoms with E-state index in [0.717, 1.165) is 18.1 Å². The van der Waals surface area contributed by atoms with Gasteiger partial charge in [0.2, 0.25) is 0 Å². The highest BCUT2D eigenvalue weighted by Gasteiger charge is 2.20. The number of benzene rings is 2. The van der Waals surface area contributed by atoms with Gasteiger partial charge in [-0.1, -0.05) is 56.3 Å². The maximum Gasteiger partial charge on any atom is 0.251 e. The number of carbonyl (C=O) groups is 1. The van der Waals surface area contributed by atoms with Crippen LogP contribution in [0.1, 0.15) is 42.3 Å². The molecule has 5 heteroatoms. The Bertz CT molecular complexity index is 752. The Hall–Kier alpha value is -2.82. The summed E-state index contributed by atoms with van der Waals surface area (Å²) in [5.74, 6) is 0.712. The average Bonchev–Trinajstić information content (AvgIpc) is 2.69. The highest BCUT2D eigenvalue weighted by Crippen LogP contribution is 2.21. The fraction of sp³-hybridized carbons (Fsp3) is 0.364. The van der Waals surface area contributed by atoms with Gasteiger partial charge < -0.3 is 16.0 Å². The normalized spacial score (nSPS) is 11.8. The molecule has 0 aliphatic carbocycles. The fourth-order valence-corrected chi connectivity index (χ4v) is 2.74. The van der Waals surface area contributed by atoms with E-state index in [9.17, 15) is 4.79 Å². The number of nitrogens with zero attached hydrogens (tertiary/aromatic N) is 1. The minimum Gasteiger partial charge on any atom is -0.356 e. The molecule has 2 aromatic carbocycles. The monoisotopic (exact) mass is 366 g/mol. The highest BCUT2D eigenvalue weighted by atomic mass is 16.1. The van der Waals surface area contributed by atoms with E-state index in [0.29, 0.717) is 18.7 Å². The molecule has 0 atom stereocenters. The summed E-state index contributed by atoms with van der Waals surface area (Å²) in [5, 5.41) is 9.52. The molecular weight excluding hydrogens is 336 g/mol. The van der Waals surface area contributed by atoms with Crippen molar-refractivity contribution in [2.24, 2.45) is 4.99 Å². The molecule has 2 aromatic rings. The van der Waals surface area contributed by atoms with Gasteiger partial charge in [0.05, 0.1) is 0 Å². The van der Waals surface area contributed by atoms with E-state index in [1.165, 1.54) is 5.56 Å². The number of guanidine groups is 1. The van der Waals surface area contributed by atoms with Crippen molar-refractivity contribution in [1.82, 2.24) is 16.0 Å². The first-order valence-corrected chi connectivity index (χ1v) is 9.33. The first kappa shape index (κ1) is 20.5. The summed E-state index contributed by atoms with van der Waals surface area (Å²) < 4.78 is 0. The molecule has 0 saturated heterocycles. The molecule has 0 fully saturated rings. The van der Waals surface area contributed by atoms with Crippen LogP contribution in [0.25, 0.3) is 0 Å². The standard InChI is InChI=1S/C22H30N4O/c1-5-24-20(27)18-13-11-17(12-14-18)15-25-21(23-4)26-16-22(2,3)19-9-7-6-8-10-19/h6-14H,5,15-16H2,1-4H3,(H,24,27)(H2,23,25,26). The largest absolute Gasteiger partial charge is 0.356 e. The Balaban J connectivity index is 1.88. The summed E-state index contributed by atoms with van der Waals surface area (Å²) in [5.41, 5.74) is 3.04. The SMILES string of the molecule is CCNC(=O)c1ccc(CNC(=NC)NCC(C)(C)c2ccccc2)cc1. The Morgan fingerprint density at radius 2 is 1.63 bits per heavy atom. The summed E-state index contributed by atoms with van der Waals surface area (Å²) in [6.07, 6.45) is 0. The first-order valence-electron chi connectivity index (χ1n) is 9.33. The van der Waals surface area contributed by atoms with Gasteiger partial charge in [-0.05, 0) is 30.2 Å². The average molecular weight is 367 g/mol. The summed E-state index contributed by atoms with van der Waals surface area (Å²) in [6, 6.07) is 18.1. The molecule has 1 amide bonds. The van der Waals surface area contributed by atoms with Gasteiger partial charge in [-0.25, -0.2) is 0 Å². The van der Waals surface area contributed by atoms with E-state index in [1.54, 1.807) is 7.05 Å². The quantitative estimate of drug-likeness (QED) is 0.521. The maximum absolute atomic E-state index is 11.8. The molecule has 2 rings (SSSR count). The van der Waals surface area contributed by atoms with Gasteiger partial charge in [-0.3, -0.25) is 9.79 Å². The van der Waals surface area contributed by atoms with Gasteiger partial charge >= 0.3 is 0 Å². The number of nitrogens with one attached hydrogen (secondary N) is 3. The predicted molar refractivity (Wildman–Crippen MR) is 112 cm³/mol. The van der Waals surface area contributed by atoms with Crippen molar-refractivity contribution in [1.29, 1.82) is 0 Å². The Morgan fingerprint density at radius 3 is 2.22 bits per heavy atom. The maximum atomic E-state index is 11.8. The second-order valence-electron chi connectivity index (χ2n) is 7.09. The van der Waals surface area contributed by atoms with E-state index in [-0.39, 0.29) is 11.3 Å². The van der Waals surface area contributed by atoms with E-state index >= 15 is 0 Å². The Kier molecular flexibility index (Phi) is 7.41. The van der Waals surface area contributed by atoms with Gasteiger partial charge in [0.15, 0.2) is 5.96 Å². The number of aliphatic imine (C=N–C) groups is 1. The molecule has 0 unspecified atom stereocenters. The molecule has 5 nitrogen and oxygen atoms in total. The van der Waals surface area contributed by atoms with Gasteiger partial charge in [-0.15, -0.1) is 0 Å². The lowest BCUT2D eigenvalue weighted by molar-refractivity contribution is 0.0956. The molecule has 27 heavy (non-hydrogen) atoms. The zero-order chi connectivity index (χ0) is 19.7. The summed E-state index contributed by atoms with van der Waals surface area (Å²) in [7, 11) is 1.77. The van der Waals surface area contributed by atoms with Crippen molar-refractivity contribution >= 4 is 11.9 Å². The number of amides is 1. The van der Waals surface area contributed by atoms with Crippen LogP contribution in [0.4, 0.5) is 0 Å². The van der Waals surface area contributed by atoms with Crippen molar-refractivity contribution in [2.45, 2.75) is 32.7 Å². The molecule has 0 radical (unpaired) electrons. The third kappa shape index (κ3) is 6.13. The van der Waals surface area contributed by atoms with Crippen molar-refractivity contribution in [3.8, 4) is 0 Å². The molecule has 0 aliphatic heterocycles. The summed E-state index contributed by atoms with van der Waals surface area (Å²) >= 11 is 0. The molecule has 3 N–H and O–H groups in total. The number of carbonyl (C=O) groups excluding carboxylic acids is 1. The van der Waals surface area contributed by atoms with Crippen LogP contribution in [0.5, 0.6) is 0 Å². The van der Waals surface area contributed by atoms with Crippen molar-refractivity contribution < 1.29 is 4.79 Å². The van der Waals surface area contributed by atoms with Crippen LogP contribution >= 0.6 is 0 Å². The molecule has 144 valence electrons. The zero-order valence-corrected chi connectivity index (χ0v) is 16.7. The van der Waals surface area contributed by atoms with Crippen LogP contribution in [0.15, 0.2) is 59.6 Å². The first-order chi connectivity index (χ1) is 13.0. The van der Waals surface area contributed by atoms with Gasteiger partial charge in [0.25, 0.3) is 5.91 Å². The fourth-order valence-electron chi connectivity index (χ4n) is 2.74. The minimum absolute atomic E-state index is 0.00678. The minimum atomic E-state index is -0.0439. The lowest BCUT2D eigenvalue weighted by Gasteiger charge is -2.26. The molecule has 0 spiro atoms. The van der Waals surface area contributed by atoms with E-state index in [1.807, 2.05) is 37.3 Å². The van der Waals surface area contributed by atoms with Crippen molar-refractivity contribution in [2.75, 3.05) is 20.1 Å². The number of hydrogen-bond donors (Lipinski definition) is 3. The van der Waals surface area contributed by atoms with Crippen LogP contribution in [-0.4, -0.2) is 32.0 Å². The Morgan fingerprint density at radius 1 is 0.963 bits per heavy atom. The van der Waals surface area contributed by atoms with Gasteiger partial charge in [0.1, 0.15) is 0 Å². The molecule has 0 saturated carbocycles. The summed E-state index contributed by atoms with van der Waals surface area (Å²) in [6.45, 7) is 8.37. The molecule has 0 aromatic heterocycles. The smallest absolute Gasteiger partial charge is 0.251 e. The van der Waals surface area contributed by atoms with Crippen molar-refractivity contribution in [3.63, 3.8) is 0 Å². The summed E-state index contributed by atoms with van der Waals surface area (Å²) in [4.78, 5) is 16.1. The van der Waals surface area contributed by atoms with Crippen LogP contribution in [0, 0.1) is 0 Å². The number of rotatable bonds is 7. The zero-order valence-electron chi connectivity index (χ0n) is 16.7. The van der Waals surface area contributed by atoms with Gasteiger partial charge in [0, 0.05) is 37.7 Å². The van der Waals surface area contributed by atoms with E-state index in [2.05, 4.69) is 59.1 Å². The highest BCUT2D eigenvalue weighted by molar-refractivity contribution is 5.94. The second kappa shape index (κ2) is 9.76. The molecule has 0 aliphatic rings. The lowest BCUT2D eigenvalue weighted by Crippen LogP contribution is -2.43.